The van der Waals surface area contributed by atoms with E-state index in [0.717, 1.165) is 55.0 Å². The van der Waals surface area contributed by atoms with Gasteiger partial charge in [0.25, 0.3) is 0 Å². The van der Waals surface area contributed by atoms with E-state index in [1.165, 1.54) is 184 Å². The number of unbranched alkanes of at least 4 members (excludes halogenated alkanes) is 12. The van der Waals surface area contributed by atoms with Crippen LogP contribution in [0.25, 0.3) is 88.4 Å². The largest absolute Gasteiger partial charge is 0.254 e. The molecule has 0 saturated heterocycles. The first-order chi connectivity index (χ1) is 35.5. The van der Waals surface area contributed by atoms with Crippen LogP contribution in [-0.4, -0.2) is 19.9 Å². The number of fused-ring (bicyclic) bond motifs is 13. The topological polar surface area (TPSA) is 51.6 Å². The minimum atomic E-state index is -0.0209. The predicted octanol–water partition coefficient (Wildman–Crippen LogP) is 19.6. The van der Waals surface area contributed by atoms with Crippen LogP contribution < -0.4 is 0 Å². The molecule has 11 rings (SSSR count). The van der Waals surface area contributed by atoms with E-state index in [1.54, 1.807) is 0 Å². The molecule has 0 atom stereocenters. The number of rotatable bonds is 22. The molecule has 0 saturated carbocycles. The van der Waals surface area contributed by atoms with Crippen molar-refractivity contribution in [2.75, 3.05) is 0 Å². The van der Waals surface area contributed by atoms with E-state index in [4.69, 9.17) is 19.9 Å². The normalized spacial score (nSPS) is 14.1. The molecule has 0 unspecified atom stereocenters. The maximum absolute atomic E-state index is 5.85. The highest BCUT2D eigenvalue weighted by molar-refractivity contribution is 6.22. The summed E-state index contributed by atoms with van der Waals surface area (Å²) >= 11 is 0. The van der Waals surface area contributed by atoms with E-state index >= 15 is 0 Å². The second-order valence-corrected chi connectivity index (χ2v) is 21.6. The average molecular weight is 947 g/mol. The molecular weight excluding hydrogens is 873 g/mol. The summed E-state index contributed by atoms with van der Waals surface area (Å²) in [6, 6.07) is 46.6. The van der Waals surface area contributed by atoms with Gasteiger partial charge in [-0.05, 0) is 118 Å². The summed E-state index contributed by atoms with van der Waals surface area (Å²) in [6.45, 7) is 9.31. The molecule has 3 heterocycles. The third-order valence-electron chi connectivity index (χ3n) is 17.2. The van der Waals surface area contributed by atoms with Crippen molar-refractivity contribution in [1.29, 1.82) is 0 Å². The van der Waals surface area contributed by atoms with Crippen LogP contribution in [0.15, 0.2) is 134 Å². The van der Waals surface area contributed by atoms with Crippen LogP contribution in [0.4, 0.5) is 0 Å². The van der Waals surface area contributed by atoms with Gasteiger partial charge in [0.05, 0.1) is 33.1 Å². The van der Waals surface area contributed by atoms with Crippen LogP contribution in [0, 0.1) is 0 Å². The molecule has 0 amide bonds. The molecule has 2 aliphatic rings. The molecule has 0 aliphatic heterocycles. The Morgan fingerprint density at radius 3 is 1.06 bits per heavy atom. The average Bonchev–Trinajstić information content (AvgIpc) is 3.86. The first-order valence-corrected chi connectivity index (χ1v) is 28.3. The van der Waals surface area contributed by atoms with Gasteiger partial charge in [0, 0.05) is 45.1 Å². The van der Waals surface area contributed by atoms with Crippen LogP contribution in [0.1, 0.15) is 178 Å². The van der Waals surface area contributed by atoms with Gasteiger partial charge in [-0.1, -0.05) is 215 Å². The van der Waals surface area contributed by atoms with Gasteiger partial charge in [-0.3, -0.25) is 9.97 Å². The highest BCUT2D eigenvalue weighted by atomic mass is 14.8. The first kappa shape index (κ1) is 48.0. The van der Waals surface area contributed by atoms with Crippen molar-refractivity contribution >= 4 is 43.9 Å². The quantitative estimate of drug-likeness (QED) is 0.0386. The van der Waals surface area contributed by atoms with Gasteiger partial charge in [-0.25, -0.2) is 9.97 Å². The lowest BCUT2D eigenvalue weighted by molar-refractivity contribution is 0.401. The van der Waals surface area contributed by atoms with Crippen molar-refractivity contribution in [3.05, 3.63) is 156 Å². The molecule has 0 spiro atoms. The Bertz CT molecular complexity index is 3150. The third kappa shape index (κ3) is 8.41. The Kier molecular flexibility index (Phi) is 14.1. The molecule has 6 aromatic carbocycles. The zero-order valence-electron chi connectivity index (χ0n) is 43.6. The fourth-order valence-corrected chi connectivity index (χ4v) is 13.5. The molecular formula is C68H74N4. The lowest BCUT2D eigenvalue weighted by Crippen LogP contribution is -2.25. The van der Waals surface area contributed by atoms with E-state index in [-0.39, 0.29) is 10.8 Å². The Balaban J connectivity index is 1.13. The van der Waals surface area contributed by atoms with E-state index < -0.39 is 0 Å². The summed E-state index contributed by atoms with van der Waals surface area (Å²) < 4.78 is 0. The van der Waals surface area contributed by atoms with Gasteiger partial charge >= 0.3 is 0 Å². The summed E-state index contributed by atoms with van der Waals surface area (Å²) in [5.74, 6) is 0. The molecule has 3 aromatic heterocycles. The van der Waals surface area contributed by atoms with Crippen molar-refractivity contribution < 1.29 is 0 Å². The SMILES string of the molecule is CCCCCCC1(CCCCCC)c2ccccc2-c2ccc(-c3ccc(-c4ccc5c(c4)C(CCCCCC)(CCCCCC)c4ccccc4-5)c4nc5c6cccnc6c6ncccc6c5nc34)cc21. The molecule has 4 nitrogen and oxygen atoms in total. The van der Waals surface area contributed by atoms with Crippen LogP contribution >= 0.6 is 0 Å². The molecule has 0 bridgehead atoms. The van der Waals surface area contributed by atoms with Crippen molar-refractivity contribution in [2.24, 2.45) is 0 Å². The fourth-order valence-electron chi connectivity index (χ4n) is 13.5. The monoisotopic (exact) mass is 947 g/mol. The number of hydrogen-bond donors (Lipinski definition) is 0. The summed E-state index contributed by atoms with van der Waals surface area (Å²) in [5, 5.41) is 1.97. The molecule has 72 heavy (non-hydrogen) atoms. The van der Waals surface area contributed by atoms with Crippen LogP contribution in [-0.2, 0) is 10.8 Å². The van der Waals surface area contributed by atoms with Crippen LogP contribution in [0.2, 0.25) is 0 Å². The molecule has 0 fully saturated rings. The summed E-state index contributed by atoms with van der Waals surface area (Å²) in [4.78, 5) is 21.6. The first-order valence-electron chi connectivity index (χ1n) is 28.3. The third-order valence-corrected chi connectivity index (χ3v) is 17.2. The fraction of sp³-hybridized carbons (Fsp3) is 0.382. The highest BCUT2D eigenvalue weighted by Gasteiger charge is 2.44. The second-order valence-electron chi connectivity index (χ2n) is 21.6. The van der Waals surface area contributed by atoms with Gasteiger partial charge in [0.1, 0.15) is 0 Å². The molecule has 4 heteroatoms. The minimum absolute atomic E-state index is 0.0209. The van der Waals surface area contributed by atoms with E-state index in [9.17, 15) is 0 Å². The van der Waals surface area contributed by atoms with Crippen molar-refractivity contribution in [1.82, 2.24) is 19.9 Å². The maximum Gasteiger partial charge on any atom is 0.0996 e. The van der Waals surface area contributed by atoms with Gasteiger partial charge in [-0.2, -0.15) is 0 Å². The van der Waals surface area contributed by atoms with Crippen LogP contribution in [0.5, 0.6) is 0 Å². The second kappa shape index (κ2) is 21.1. The van der Waals surface area contributed by atoms with Crippen LogP contribution in [0.3, 0.4) is 0 Å². The molecule has 2 aliphatic carbocycles. The lowest BCUT2D eigenvalue weighted by atomic mass is 9.70. The minimum Gasteiger partial charge on any atom is -0.254 e. The summed E-state index contributed by atoms with van der Waals surface area (Å²) in [7, 11) is 0. The lowest BCUT2D eigenvalue weighted by Gasteiger charge is -2.33. The number of nitrogens with zero attached hydrogens (tertiary/aromatic N) is 4. The number of aromatic nitrogens is 4. The highest BCUT2D eigenvalue weighted by Crippen LogP contribution is 2.57. The summed E-state index contributed by atoms with van der Waals surface area (Å²) in [5.41, 5.74) is 21.7. The van der Waals surface area contributed by atoms with E-state index in [2.05, 4.69) is 137 Å². The Morgan fingerprint density at radius 1 is 0.306 bits per heavy atom. The Labute approximate surface area is 429 Å². The molecule has 0 N–H and O–H groups in total. The zero-order chi connectivity index (χ0) is 49.1. The number of hydrogen-bond acceptors (Lipinski definition) is 4. The van der Waals surface area contributed by atoms with Crippen molar-refractivity contribution in [3.63, 3.8) is 0 Å². The predicted molar refractivity (Wildman–Crippen MR) is 306 cm³/mol. The van der Waals surface area contributed by atoms with E-state index in [0.29, 0.717) is 0 Å². The number of benzene rings is 6. The number of pyridine rings is 2. The standard InChI is InChI=1S/C68H74N4/c1-5-9-13-21-39-67(40-22-14-10-6-2)57-31-19-17-27-51(57)53-35-33-47(45-59(53)67)49-37-38-50(64-63(49)71-65-55-29-25-43-69-61(55)62-56(66(65)72-64)30-26-44-70-62)48-34-36-54-52-28-18-20-32-58(52)68(60(54)46-48,41-23-15-11-7-3)42-24-16-12-8-4/h17-20,25-38,43-46H,5-16,21-24,39-42H2,1-4H3. The smallest absolute Gasteiger partial charge is 0.0996 e. The van der Waals surface area contributed by atoms with Gasteiger partial charge in [0.2, 0.25) is 0 Å². The maximum atomic E-state index is 5.85. The Hall–Kier alpha value is -6.26. The van der Waals surface area contributed by atoms with Crippen molar-refractivity contribution in [3.8, 4) is 44.5 Å². The zero-order valence-corrected chi connectivity index (χ0v) is 43.6. The van der Waals surface area contributed by atoms with Gasteiger partial charge in [0.15, 0.2) is 0 Å². The summed E-state index contributed by atoms with van der Waals surface area (Å²) in [6.07, 6.45) is 28.7. The molecule has 9 aromatic rings. The van der Waals surface area contributed by atoms with Crippen molar-refractivity contribution in [2.45, 2.75) is 167 Å². The molecule has 366 valence electrons. The Morgan fingerprint density at radius 2 is 0.667 bits per heavy atom. The van der Waals surface area contributed by atoms with Gasteiger partial charge < -0.3 is 0 Å². The molecule has 0 radical (unpaired) electrons. The van der Waals surface area contributed by atoms with E-state index in [1.807, 2.05) is 24.5 Å². The van der Waals surface area contributed by atoms with Gasteiger partial charge in [-0.15, -0.1) is 0 Å².